The quantitative estimate of drug-likeness (QED) is 0.249. The van der Waals surface area contributed by atoms with Crippen molar-refractivity contribution in [3.05, 3.63) is 0 Å². The van der Waals surface area contributed by atoms with Gasteiger partial charge in [-0.1, -0.05) is 90.4 Å². The van der Waals surface area contributed by atoms with Gasteiger partial charge in [-0.3, -0.25) is 4.57 Å². The molecular formula is C19H42NO5P. The van der Waals surface area contributed by atoms with Crippen LogP contribution in [-0.2, 0) is 18.3 Å². The molecule has 1 rings (SSSR count). The Balaban J connectivity index is 0.00000625. The van der Waals surface area contributed by atoms with Gasteiger partial charge in [0.1, 0.15) is 6.10 Å². The summed E-state index contributed by atoms with van der Waals surface area (Å²) in [5.74, 6) is 0. The van der Waals surface area contributed by atoms with Crippen LogP contribution in [0.4, 0.5) is 0 Å². The Labute approximate surface area is 160 Å². The van der Waals surface area contributed by atoms with Crippen molar-refractivity contribution in [3.8, 4) is 0 Å². The van der Waals surface area contributed by atoms with E-state index in [-0.39, 0.29) is 12.8 Å². The first-order chi connectivity index (χ1) is 12.1. The maximum Gasteiger partial charge on any atom is 0.268 e. The monoisotopic (exact) mass is 395 g/mol. The predicted octanol–water partition coefficient (Wildman–Crippen LogP) is 5.74. The summed E-state index contributed by atoms with van der Waals surface area (Å²) in [5, 5.41) is 0. The van der Waals surface area contributed by atoms with Gasteiger partial charge in [-0.15, -0.1) is 0 Å². The zero-order valence-electron chi connectivity index (χ0n) is 17.1. The minimum atomic E-state index is -4.02. The first-order valence-corrected chi connectivity index (χ1v) is 11.8. The third kappa shape index (κ3) is 15.1. The van der Waals surface area contributed by atoms with E-state index >= 15 is 0 Å². The van der Waals surface area contributed by atoms with Crippen molar-refractivity contribution >= 4 is 7.82 Å². The molecule has 7 heteroatoms. The minimum Gasteiger partial charge on any atom is -0.756 e. The first kappa shape index (κ1) is 26.0. The zero-order chi connectivity index (χ0) is 18.2. The van der Waals surface area contributed by atoms with Crippen molar-refractivity contribution in [2.75, 3.05) is 19.8 Å². The van der Waals surface area contributed by atoms with E-state index in [1.807, 2.05) is 0 Å². The fourth-order valence-corrected chi connectivity index (χ4v) is 4.01. The molecule has 1 heterocycles. The molecule has 0 bridgehead atoms. The summed E-state index contributed by atoms with van der Waals surface area (Å²) in [6.45, 7) is 3.31. The number of hydrogen-bond donors (Lipinski definition) is 1. The number of hydrogen-bond acceptors (Lipinski definition) is 5. The van der Waals surface area contributed by atoms with E-state index in [4.69, 9.17) is 9.26 Å². The predicted molar refractivity (Wildman–Crippen MR) is 106 cm³/mol. The van der Waals surface area contributed by atoms with Crippen LogP contribution in [0.2, 0.25) is 0 Å². The molecule has 0 aromatic heterocycles. The van der Waals surface area contributed by atoms with Crippen LogP contribution in [-0.4, -0.2) is 25.9 Å². The van der Waals surface area contributed by atoms with Gasteiger partial charge >= 0.3 is 0 Å². The second kappa shape index (κ2) is 17.2. The Morgan fingerprint density at radius 2 is 1.35 bits per heavy atom. The lowest BCUT2D eigenvalue weighted by Crippen LogP contribution is -2.18. The van der Waals surface area contributed by atoms with E-state index < -0.39 is 13.9 Å². The van der Waals surface area contributed by atoms with Crippen molar-refractivity contribution in [3.63, 3.8) is 0 Å². The molecule has 0 saturated carbocycles. The van der Waals surface area contributed by atoms with Gasteiger partial charge in [0.2, 0.25) is 0 Å². The highest BCUT2D eigenvalue weighted by molar-refractivity contribution is 7.46. The lowest BCUT2D eigenvalue weighted by atomic mass is 10.0. The van der Waals surface area contributed by atoms with Crippen LogP contribution in [0.15, 0.2) is 0 Å². The highest BCUT2D eigenvalue weighted by Gasteiger charge is 2.27. The number of ether oxygens (including phenoxy) is 1. The number of quaternary nitrogens is 1. The summed E-state index contributed by atoms with van der Waals surface area (Å²) in [6, 6.07) is 0. The van der Waals surface area contributed by atoms with Gasteiger partial charge in [-0.05, 0) is 6.42 Å². The van der Waals surface area contributed by atoms with E-state index in [1.54, 1.807) is 0 Å². The highest BCUT2D eigenvalue weighted by Crippen LogP contribution is 2.45. The average Bonchev–Trinajstić information content (AvgIpc) is 2.93. The van der Waals surface area contributed by atoms with Crippen molar-refractivity contribution in [2.45, 2.75) is 103 Å². The van der Waals surface area contributed by atoms with Crippen LogP contribution in [0, 0.1) is 0 Å². The average molecular weight is 396 g/mol. The van der Waals surface area contributed by atoms with E-state index in [1.165, 1.54) is 83.5 Å². The first-order valence-electron chi connectivity index (χ1n) is 10.4. The van der Waals surface area contributed by atoms with Gasteiger partial charge in [-0.25, -0.2) is 0 Å². The fraction of sp³-hybridized carbons (Fsp3) is 1.00. The minimum absolute atomic E-state index is 0. The summed E-state index contributed by atoms with van der Waals surface area (Å²) in [7, 11) is -4.02. The highest BCUT2D eigenvalue weighted by atomic mass is 31.2. The topological polar surface area (TPSA) is 104 Å². The van der Waals surface area contributed by atoms with Crippen LogP contribution < -0.4 is 11.0 Å². The Morgan fingerprint density at radius 1 is 0.885 bits per heavy atom. The number of phosphoric acid groups is 1. The molecule has 1 fully saturated rings. The normalized spacial score (nSPS) is 22.5. The molecule has 0 aromatic rings. The second-order valence-electron chi connectivity index (χ2n) is 7.14. The Hall–Kier alpha value is 0.0300. The van der Waals surface area contributed by atoms with E-state index in [0.29, 0.717) is 13.2 Å². The third-order valence-electron chi connectivity index (χ3n) is 4.64. The fourth-order valence-electron chi connectivity index (χ4n) is 3.11. The van der Waals surface area contributed by atoms with E-state index in [2.05, 4.69) is 11.4 Å². The summed E-state index contributed by atoms with van der Waals surface area (Å²) in [5.41, 5.74) is 0. The molecule has 0 spiro atoms. The van der Waals surface area contributed by atoms with Gasteiger partial charge in [0.25, 0.3) is 7.82 Å². The maximum absolute atomic E-state index is 10.9. The molecule has 4 N–H and O–H groups in total. The third-order valence-corrected chi connectivity index (χ3v) is 5.66. The number of rotatable bonds is 17. The smallest absolute Gasteiger partial charge is 0.268 e. The Morgan fingerprint density at radius 3 is 1.77 bits per heavy atom. The zero-order valence-corrected chi connectivity index (χ0v) is 18.0. The van der Waals surface area contributed by atoms with Gasteiger partial charge in [0.05, 0.1) is 13.2 Å². The van der Waals surface area contributed by atoms with Gasteiger partial charge in [0, 0.05) is 6.61 Å². The van der Waals surface area contributed by atoms with E-state index in [0.717, 1.165) is 6.42 Å². The lowest BCUT2D eigenvalue weighted by molar-refractivity contribution is -0.215. The molecule has 1 saturated heterocycles. The van der Waals surface area contributed by atoms with Crippen molar-refractivity contribution in [2.24, 2.45) is 0 Å². The Kier molecular flexibility index (Phi) is 17.2. The molecule has 2 atom stereocenters. The summed E-state index contributed by atoms with van der Waals surface area (Å²) < 4.78 is 25.6. The molecule has 0 aliphatic carbocycles. The lowest BCUT2D eigenvalue weighted by Gasteiger charge is -2.14. The maximum atomic E-state index is 10.9. The van der Waals surface area contributed by atoms with Crippen LogP contribution in [0.5, 0.6) is 0 Å². The second-order valence-corrected chi connectivity index (χ2v) is 8.50. The summed E-state index contributed by atoms with van der Waals surface area (Å²) >= 11 is 0. The molecule has 26 heavy (non-hydrogen) atoms. The molecule has 158 valence electrons. The SMILES string of the molecule is CCCCCCCCCCCCCCCCOCC1COP(=O)([O-])O1.[NH4+]. The largest absolute Gasteiger partial charge is 0.756 e. The van der Waals surface area contributed by atoms with Crippen LogP contribution >= 0.6 is 7.82 Å². The molecule has 1 aliphatic rings. The Bertz CT molecular complexity index is 357. The van der Waals surface area contributed by atoms with Gasteiger partial charge < -0.3 is 24.8 Å². The molecule has 2 unspecified atom stereocenters. The molecule has 0 radical (unpaired) electrons. The molecule has 6 nitrogen and oxygen atoms in total. The molecular weight excluding hydrogens is 353 g/mol. The molecule has 1 aliphatic heterocycles. The molecule has 0 aromatic carbocycles. The van der Waals surface area contributed by atoms with Crippen molar-refractivity contribution in [1.82, 2.24) is 6.15 Å². The van der Waals surface area contributed by atoms with Crippen LogP contribution in [0.1, 0.15) is 96.8 Å². The standard InChI is InChI=1S/C19H39O5P.H3N/c1-2-3-4-5-6-7-8-9-10-11-12-13-14-15-16-22-17-19-18-23-25(20,21)24-19;/h19H,2-18H2,1H3,(H,20,21);1H3. The van der Waals surface area contributed by atoms with Gasteiger partial charge in [-0.2, -0.15) is 0 Å². The van der Waals surface area contributed by atoms with Gasteiger partial charge in [0.15, 0.2) is 0 Å². The number of unbranched alkanes of at least 4 members (excludes halogenated alkanes) is 13. The number of phosphoric ester groups is 1. The molecule has 0 amide bonds. The summed E-state index contributed by atoms with van der Waals surface area (Å²) in [4.78, 5) is 10.9. The van der Waals surface area contributed by atoms with Crippen molar-refractivity contribution < 1.29 is 23.2 Å². The van der Waals surface area contributed by atoms with Crippen LogP contribution in [0.25, 0.3) is 0 Å². The van der Waals surface area contributed by atoms with Crippen LogP contribution in [0.3, 0.4) is 0 Å². The van der Waals surface area contributed by atoms with Crippen molar-refractivity contribution in [1.29, 1.82) is 0 Å². The van der Waals surface area contributed by atoms with E-state index in [9.17, 15) is 9.46 Å². The summed E-state index contributed by atoms with van der Waals surface area (Å²) in [6.07, 6.45) is 18.3.